The molecule has 0 saturated carbocycles. The van der Waals surface area contributed by atoms with Gasteiger partial charge in [0.05, 0.1) is 6.61 Å². The van der Waals surface area contributed by atoms with Gasteiger partial charge in [-0.2, -0.15) is 0 Å². The van der Waals surface area contributed by atoms with E-state index < -0.39 is 5.97 Å². The molecule has 1 unspecified atom stereocenters. The van der Waals surface area contributed by atoms with E-state index in [0.717, 1.165) is 13.1 Å². The van der Waals surface area contributed by atoms with Crippen LogP contribution in [0.4, 0.5) is 0 Å². The van der Waals surface area contributed by atoms with Crippen molar-refractivity contribution in [2.24, 2.45) is 5.92 Å². The Morgan fingerprint density at radius 3 is 2.77 bits per heavy atom. The van der Waals surface area contributed by atoms with Gasteiger partial charge in [0, 0.05) is 18.4 Å². The Morgan fingerprint density at radius 2 is 2.23 bits per heavy atom. The van der Waals surface area contributed by atoms with Crippen LogP contribution in [0.3, 0.4) is 0 Å². The molecule has 0 aromatic heterocycles. The van der Waals surface area contributed by atoms with E-state index in [9.17, 15) is 4.79 Å². The summed E-state index contributed by atoms with van der Waals surface area (Å²) in [6, 6.07) is 0. The van der Waals surface area contributed by atoms with Gasteiger partial charge in [-0.15, -0.1) is 0 Å². The minimum atomic E-state index is -0.439. The molecule has 0 bridgehead atoms. The maximum absolute atomic E-state index is 10.8. The van der Waals surface area contributed by atoms with Crippen LogP contribution in [0.1, 0.15) is 20.8 Å². The van der Waals surface area contributed by atoms with Gasteiger partial charge in [0.1, 0.15) is 0 Å². The first-order valence-electron chi connectivity index (χ1n) is 4.59. The van der Waals surface area contributed by atoms with E-state index in [2.05, 4.69) is 21.9 Å². The SMILES string of the molecule is CCNCC(C)C#CC(=O)OCC. The quantitative estimate of drug-likeness (QED) is 0.398. The molecule has 0 aliphatic rings. The Bertz CT molecular complexity index is 203. The fourth-order valence-corrected chi connectivity index (χ4v) is 0.761. The smallest absolute Gasteiger partial charge is 0.384 e. The van der Waals surface area contributed by atoms with E-state index in [1.807, 2.05) is 13.8 Å². The Labute approximate surface area is 79.8 Å². The summed E-state index contributed by atoms with van der Waals surface area (Å²) < 4.78 is 4.66. The van der Waals surface area contributed by atoms with Gasteiger partial charge in [-0.05, 0) is 13.5 Å². The van der Waals surface area contributed by atoms with Crippen molar-refractivity contribution in [3.63, 3.8) is 0 Å². The van der Waals surface area contributed by atoms with Gasteiger partial charge in [0.15, 0.2) is 0 Å². The summed E-state index contributed by atoms with van der Waals surface area (Å²) in [5, 5.41) is 3.15. The lowest BCUT2D eigenvalue weighted by molar-refractivity contribution is -0.136. The number of nitrogens with one attached hydrogen (secondary N) is 1. The predicted molar refractivity (Wildman–Crippen MR) is 52.1 cm³/mol. The van der Waals surface area contributed by atoms with Crippen LogP contribution in [0.2, 0.25) is 0 Å². The van der Waals surface area contributed by atoms with E-state index in [1.54, 1.807) is 6.92 Å². The minimum absolute atomic E-state index is 0.185. The standard InChI is InChI=1S/C10H17NO2/c1-4-11-8-9(3)6-7-10(12)13-5-2/h9,11H,4-5,8H2,1-3H3. The van der Waals surface area contributed by atoms with E-state index in [-0.39, 0.29) is 5.92 Å². The van der Waals surface area contributed by atoms with E-state index in [4.69, 9.17) is 0 Å². The number of hydrogen-bond acceptors (Lipinski definition) is 3. The number of carbonyl (C=O) groups is 1. The lowest BCUT2D eigenvalue weighted by Gasteiger charge is -2.02. The molecule has 0 rings (SSSR count). The van der Waals surface area contributed by atoms with Crippen molar-refractivity contribution in [2.45, 2.75) is 20.8 Å². The summed E-state index contributed by atoms with van der Waals surface area (Å²) in [6.45, 7) is 7.88. The molecule has 1 atom stereocenters. The molecule has 0 amide bonds. The molecule has 0 aliphatic carbocycles. The van der Waals surface area contributed by atoms with Crippen molar-refractivity contribution in [1.82, 2.24) is 5.32 Å². The molecule has 0 aromatic carbocycles. The summed E-state index contributed by atoms with van der Waals surface area (Å²) in [4.78, 5) is 10.8. The van der Waals surface area contributed by atoms with E-state index in [1.165, 1.54) is 0 Å². The molecule has 13 heavy (non-hydrogen) atoms. The van der Waals surface area contributed by atoms with Crippen LogP contribution in [-0.4, -0.2) is 25.7 Å². The van der Waals surface area contributed by atoms with Crippen LogP contribution in [0.25, 0.3) is 0 Å². The fraction of sp³-hybridized carbons (Fsp3) is 0.700. The summed E-state index contributed by atoms with van der Waals surface area (Å²) in [5.74, 6) is 5.00. The summed E-state index contributed by atoms with van der Waals surface area (Å²) in [5.41, 5.74) is 0. The molecular formula is C10H17NO2. The normalized spacial score (nSPS) is 11.3. The van der Waals surface area contributed by atoms with Crippen LogP contribution < -0.4 is 5.32 Å². The second-order valence-electron chi connectivity index (χ2n) is 2.70. The van der Waals surface area contributed by atoms with Crippen LogP contribution >= 0.6 is 0 Å². The molecule has 0 radical (unpaired) electrons. The van der Waals surface area contributed by atoms with Crippen molar-refractivity contribution >= 4 is 5.97 Å². The number of hydrogen-bond donors (Lipinski definition) is 1. The molecule has 0 fully saturated rings. The molecule has 0 heterocycles. The van der Waals surface area contributed by atoms with E-state index in [0.29, 0.717) is 6.61 Å². The third-order valence-corrected chi connectivity index (χ3v) is 1.40. The Balaban J connectivity index is 3.73. The Morgan fingerprint density at radius 1 is 1.54 bits per heavy atom. The lowest BCUT2D eigenvalue weighted by Crippen LogP contribution is -2.19. The van der Waals surface area contributed by atoms with Crippen LogP contribution in [0.5, 0.6) is 0 Å². The second kappa shape index (κ2) is 7.63. The van der Waals surface area contributed by atoms with Gasteiger partial charge in [-0.1, -0.05) is 19.8 Å². The third-order valence-electron chi connectivity index (χ3n) is 1.40. The van der Waals surface area contributed by atoms with Crippen LogP contribution in [0, 0.1) is 17.8 Å². The van der Waals surface area contributed by atoms with Gasteiger partial charge in [-0.25, -0.2) is 4.79 Å². The highest BCUT2D eigenvalue weighted by molar-refractivity contribution is 5.88. The van der Waals surface area contributed by atoms with Gasteiger partial charge < -0.3 is 10.1 Å². The maximum atomic E-state index is 10.8. The van der Waals surface area contributed by atoms with Crippen molar-refractivity contribution in [2.75, 3.05) is 19.7 Å². The average molecular weight is 183 g/mol. The largest absolute Gasteiger partial charge is 0.456 e. The monoisotopic (exact) mass is 183 g/mol. The van der Waals surface area contributed by atoms with Crippen LogP contribution in [0.15, 0.2) is 0 Å². The molecule has 1 N–H and O–H groups in total. The molecule has 74 valence electrons. The van der Waals surface area contributed by atoms with Gasteiger partial charge in [0.2, 0.25) is 0 Å². The predicted octanol–water partition coefficient (Wildman–Crippen LogP) is 0.798. The minimum Gasteiger partial charge on any atom is -0.456 e. The van der Waals surface area contributed by atoms with Gasteiger partial charge in [-0.3, -0.25) is 0 Å². The topological polar surface area (TPSA) is 38.3 Å². The zero-order chi connectivity index (χ0) is 10.1. The Hall–Kier alpha value is -1.01. The highest BCUT2D eigenvalue weighted by Gasteiger charge is 1.96. The molecule has 0 saturated heterocycles. The summed E-state index contributed by atoms with van der Waals surface area (Å²) >= 11 is 0. The highest BCUT2D eigenvalue weighted by atomic mass is 16.5. The second-order valence-corrected chi connectivity index (χ2v) is 2.70. The zero-order valence-electron chi connectivity index (χ0n) is 8.52. The van der Waals surface area contributed by atoms with Gasteiger partial charge >= 0.3 is 5.97 Å². The lowest BCUT2D eigenvalue weighted by atomic mass is 10.2. The maximum Gasteiger partial charge on any atom is 0.384 e. The fourth-order valence-electron chi connectivity index (χ4n) is 0.761. The number of carbonyl (C=O) groups excluding carboxylic acids is 1. The number of esters is 1. The molecule has 0 aromatic rings. The highest BCUT2D eigenvalue weighted by Crippen LogP contribution is 1.88. The first-order valence-corrected chi connectivity index (χ1v) is 4.59. The molecule has 0 aliphatic heterocycles. The van der Waals surface area contributed by atoms with E-state index >= 15 is 0 Å². The zero-order valence-corrected chi connectivity index (χ0v) is 8.52. The first-order chi connectivity index (χ1) is 6.20. The number of ether oxygens (including phenoxy) is 1. The summed E-state index contributed by atoms with van der Waals surface area (Å²) in [7, 11) is 0. The van der Waals surface area contributed by atoms with Crippen molar-refractivity contribution < 1.29 is 9.53 Å². The molecular weight excluding hydrogens is 166 g/mol. The van der Waals surface area contributed by atoms with Crippen molar-refractivity contribution in [3.8, 4) is 11.8 Å². The average Bonchev–Trinajstić information content (AvgIpc) is 2.12. The van der Waals surface area contributed by atoms with Gasteiger partial charge in [0.25, 0.3) is 0 Å². The Kier molecular flexibility index (Phi) is 7.04. The van der Waals surface area contributed by atoms with Crippen molar-refractivity contribution in [3.05, 3.63) is 0 Å². The third kappa shape index (κ3) is 7.35. The molecule has 3 heteroatoms. The first kappa shape index (κ1) is 12.0. The van der Waals surface area contributed by atoms with Crippen LogP contribution in [-0.2, 0) is 9.53 Å². The summed E-state index contributed by atoms with van der Waals surface area (Å²) in [6.07, 6.45) is 0. The molecule has 0 spiro atoms. The number of rotatable bonds is 4. The molecule has 3 nitrogen and oxygen atoms in total. The van der Waals surface area contributed by atoms with Crippen molar-refractivity contribution in [1.29, 1.82) is 0 Å².